The predicted molar refractivity (Wildman–Crippen MR) is 126 cm³/mol. The molecule has 31 heavy (non-hydrogen) atoms. The predicted octanol–water partition coefficient (Wildman–Crippen LogP) is 5.49. The van der Waals surface area contributed by atoms with Crippen LogP contribution in [0.5, 0.6) is 0 Å². The van der Waals surface area contributed by atoms with Gasteiger partial charge in [0.15, 0.2) is 0 Å². The standard InChI is InChI=1S/C23H21Cl3N4O/c24-17-6-4-14(5-7-17)22-11-20(27-30(22)21-9-8-18(25)10-19(21)26)23(31)28-29-12-15-2-1-3-16(15)13-29/h1-2,4-10,15-16,22H,3,11-13H2,(H,28,31). The Bertz CT molecular complexity index is 1070. The van der Waals surface area contributed by atoms with Gasteiger partial charge in [-0.2, -0.15) is 5.10 Å². The Morgan fingerprint density at radius 3 is 2.55 bits per heavy atom. The van der Waals surface area contributed by atoms with E-state index in [-0.39, 0.29) is 11.9 Å². The van der Waals surface area contributed by atoms with Crippen molar-refractivity contribution >= 4 is 52.1 Å². The van der Waals surface area contributed by atoms with Crippen molar-refractivity contribution in [3.05, 3.63) is 75.2 Å². The normalized spacial score (nSPS) is 25.1. The largest absolute Gasteiger partial charge is 0.284 e. The van der Waals surface area contributed by atoms with Crippen molar-refractivity contribution in [2.75, 3.05) is 18.1 Å². The number of hydrogen-bond acceptors (Lipinski definition) is 4. The number of fused-ring (bicyclic) bond motifs is 1. The minimum atomic E-state index is -0.171. The number of amides is 1. The second kappa shape index (κ2) is 8.47. The minimum Gasteiger partial charge on any atom is -0.284 e. The topological polar surface area (TPSA) is 47.9 Å². The molecule has 0 saturated carbocycles. The highest BCUT2D eigenvalue weighted by Gasteiger charge is 2.37. The summed E-state index contributed by atoms with van der Waals surface area (Å²) in [5.41, 5.74) is 5.23. The molecule has 0 radical (unpaired) electrons. The summed E-state index contributed by atoms with van der Waals surface area (Å²) in [5, 5.41) is 10.2. The van der Waals surface area contributed by atoms with Crippen molar-refractivity contribution in [2.45, 2.75) is 18.9 Å². The fourth-order valence-corrected chi connectivity index (χ4v) is 5.19. The Hall–Kier alpha value is -2.05. The average Bonchev–Trinajstić information content (AvgIpc) is 3.43. The Labute approximate surface area is 196 Å². The number of hydrazine groups is 1. The molecule has 5 nitrogen and oxygen atoms in total. The van der Waals surface area contributed by atoms with E-state index in [0.717, 1.165) is 25.1 Å². The zero-order valence-corrected chi connectivity index (χ0v) is 18.9. The number of halogens is 3. The van der Waals surface area contributed by atoms with Gasteiger partial charge in [0.2, 0.25) is 0 Å². The molecule has 1 saturated heterocycles. The lowest BCUT2D eigenvalue weighted by Crippen LogP contribution is -2.44. The molecule has 2 heterocycles. The first-order valence-corrected chi connectivity index (χ1v) is 11.4. The van der Waals surface area contributed by atoms with E-state index in [9.17, 15) is 4.79 Å². The number of anilines is 1. The number of rotatable bonds is 4. The maximum absolute atomic E-state index is 13.1. The van der Waals surface area contributed by atoms with Crippen LogP contribution in [-0.2, 0) is 4.79 Å². The van der Waals surface area contributed by atoms with Crippen LogP contribution in [0.15, 0.2) is 59.7 Å². The number of nitrogens with one attached hydrogen (secondary N) is 1. The van der Waals surface area contributed by atoms with Crippen LogP contribution in [0.1, 0.15) is 24.4 Å². The molecule has 0 spiro atoms. The molecular formula is C23H21Cl3N4O. The molecule has 1 amide bonds. The highest BCUT2D eigenvalue weighted by Crippen LogP contribution is 2.40. The van der Waals surface area contributed by atoms with E-state index in [4.69, 9.17) is 34.8 Å². The van der Waals surface area contributed by atoms with Gasteiger partial charge in [0.1, 0.15) is 5.71 Å². The average molecular weight is 476 g/mol. The van der Waals surface area contributed by atoms with Gasteiger partial charge in [-0.3, -0.25) is 15.2 Å². The third-order valence-electron chi connectivity index (χ3n) is 6.16. The highest BCUT2D eigenvalue weighted by molar-refractivity contribution is 6.40. The molecule has 3 aliphatic rings. The van der Waals surface area contributed by atoms with Gasteiger partial charge in [0.25, 0.3) is 5.91 Å². The fraction of sp³-hybridized carbons (Fsp3) is 0.304. The van der Waals surface area contributed by atoms with Gasteiger partial charge in [-0.1, -0.05) is 59.1 Å². The van der Waals surface area contributed by atoms with Gasteiger partial charge >= 0.3 is 0 Å². The van der Waals surface area contributed by atoms with Gasteiger partial charge in [-0.05, 0) is 54.2 Å². The van der Waals surface area contributed by atoms with Crippen molar-refractivity contribution in [1.82, 2.24) is 10.4 Å². The molecule has 1 N–H and O–H groups in total. The van der Waals surface area contributed by atoms with Crippen molar-refractivity contribution in [2.24, 2.45) is 16.9 Å². The molecule has 2 aromatic carbocycles. The van der Waals surface area contributed by atoms with Gasteiger partial charge in [-0.25, -0.2) is 5.01 Å². The van der Waals surface area contributed by atoms with Crippen molar-refractivity contribution in [3.8, 4) is 0 Å². The van der Waals surface area contributed by atoms with Crippen molar-refractivity contribution in [3.63, 3.8) is 0 Å². The quantitative estimate of drug-likeness (QED) is 0.595. The molecule has 0 bridgehead atoms. The van der Waals surface area contributed by atoms with Gasteiger partial charge in [-0.15, -0.1) is 0 Å². The number of allylic oxidation sites excluding steroid dienone is 1. The van der Waals surface area contributed by atoms with E-state index in [2.05, 4.69) is 22.7 Å². The number of carbonyl (C=O) groups excluding carboxylic acids is 1. The molecule has 2 aliphatic heterocycles. The lowest BCUT2D eigenvalue weighted by molar-refractivity contribution is -0.119. The zero-order chi connectivity index (χ0) is 21.5. The van der Waals surface area contributed by atoms with Crippen LogP contribution >= 0.6 is 34.8 Å². The number of carbonyl (C=O) groups is 1. The van der Waals surface area contributed by atoms with E-state index in [1.165, 1.54) is 0 Å². The Balaban J connectivity index is 1.40. The Kier molecular flexibility index (Phi) is 5.69. The molecule has 160 valence electrons. The van der Waals surface area contributed by atoms with E-state index in [1.54, 1.807) is 17.1 Å². The van der Waals surface area contributed by atoms with E-state index in [0.29, 0.717) is 44.7 Å². The number of hydrazone groups is 1. The second-order valence-corrected chi connectivity index (χ2v) is 9.47. The van der Waals surface area contributed by atoms with Crippen LogP contribution in [0.2, 0.25) is 15.1 Å². The lowest BCUT2D eigenvalue weighted by Gasteiger charge is -2.25. The summed E-state index contributed by atoms with van der Waals surface area (Å²) >= 11 is 18.6. The van der Waals surface area contributed by atoms with Crippen LogP contribution in [-0.4, -0.2) is 29.7 Å². The first-order chi connectivity index (χ1) is 15.0. The van der Waals surface area contributed by atoms with Crippen LogP contribution in [0.25, 0.3) is 0 Å². The highest BCUT2D eigenvalue weighted by atomic mass is 35.5. The second-order valence-electron chi connectivity index (χ2n) is 8.19. The van der Waals surface area contributed by atoms with Crippen LogP contribution in [0.4, 0.5) is 5.69 Å². The molecule has 1 aliphatic carbocycles. The number of nitrogens with zero attached hydrogens (tertiary/aromatic N) is 3. The fourth-order valence-electron chi connectivity index (χ4n) is 4.57. The van der Waals surface area contributed by atoms with Gasteiger partial charge < -0.3 is 0 Å². The third-order valence-corrected chi connectivity index (χ3v) is 6.95. The first kappa shape index (κ1) is 20.8. The lowest BCUT2D eigenvalue weighted by atomic mass is 10.0. The van der Waals surface area contributed by atoms with Crippen molar-refractivity contribution in [1.29, 1.82) is 0 Å². The molecule has 8 heteroatoms. The number of hydrogen-bond donors (Lipinski definition) is 1. The molecule has 3 unspecified atom stereocenters. The SMILES string of the molecule is O=C(NN1CC2C=CCC2C1)C1=NN(c2ccc(Cl)cc2Cl)C(c2ccc(Cl)cc2)C1. The summed E-state index contributed by atoms with van der Waals surface area (Å²) in [6.45, 7) is 1.71. The molecule has 5 rings (SSSR count). The molecule has 0 aromatic heterocycles. The molecule has 1 fully saturated rings. The first-order valence-electron chi connectivity index (χ1n) is 10.3. The Morgan fingerprint density at radius 2 is 1.81 bits per heavy atom. The van der Waals surface area contributed by atoms with Crippen molar-refractivity contribution < 1.29 is 4.79 Å². The smallest absolute Gasteiger partial charge is 0.281 e. The van der Waals surface area contributed by atoms with Gasteiger partial charge in [0.05, 0.1) is 16.8 Å². The minimum absolute atomic E-state index is 0.169. The molecule has 3 atom stereocenters. The maximum atomic E-state index is 13.1. The van der Waals surface area contributed by atoms with Crippen LogP contribution in [0.3, 0.4) is 0 Å². The van der Waals surface area contributed by atoms with E-state index < -0.39 is 0 Å². The summed E-state index contributed by atoms with van der Waals surface area (Å²) in [6.07, 6.45) is 6.04. The van der Waals surface area contributed by atoms with Crippen LogP contribution in [0, 0.1) is 11.8 Å². The summed E-state index contributed by atoms with van der Waals surface area (Å²) in [7, 11) is 0. The molecular weight excluding hydrogens is 455 g/mol. The number of benzene rings is 2. The van der Waals surface area contributed by atoms with E-state index >= 15 is 0 Å². The maximum Gasteiger partial charge on any atom is 0.281 e. The van der Waals surface area contributed by atoms with Gasteiger partial charge in [0, 0.05) is 29.6 Å². The third kappa shape index (κ3) is 4.20. The Morgan fingerprint density at radius 1 is 1.03 bits per heavy atom. The van der Waals surface area contributed by atoms with E-state index in [1.807, 2.05) is 35.3 Å². The summed E-state index contributed by atoms with van der Waals surface area (Å²) < 4.78 is 0. The summed E-state index contributed by atoms with van der Waals surface area (Å²) in [5.74, 6) is 0.949. The van der Waals surface area contributed by atoms with Crippen LogP contribution < -0.4 is 10.4 Å². The zero-order valence-electron chi connectivity index (χ0n) is 16.6. The molecule has 2 aromatic rings. The summed E-state index contributed by atoms with van der Waals surface area (Å²) in [6, 6.07) is 12.7. The monoisotopic (exact) mass is 474 g/mol. The summed E-state index contributed by atoms with van der Waals surface area (Å²) in [4.78, 5) is 13.1.